The third-order valence-electron chi connectivity index (χ3n) is 21.2. The Morgan fingerprint density at radius 2 is 0.500 bits per heavy atom. The predicted molar refractivity (Wildman–Crippen MR) is 440 cm³/mol. The number of pyridine rings is 1. The van der Waals surface area contributed by atoms with Crippen molar-refractivity contribution in [3.8, 4) is 79.3 Å². The van der Waals surface area contributed by atoms with E-state index in [4.69, 9.17) is 85.1 Å². The van der Waals surface area contributed by atoms with Crippen LogP contribution in [-0.4, -0.2) is 4.98 Å². The zero-order valence-corrected chi connectivity index (χ0v) is 60.2. The quantitative estimate of drug-likeness (QED) is 0.130. The van der Waals surface area contributed by atoms with Gasteiger partial charge in [-0.2, -0.15) is 0 Å². The van der Waals surface area contributed by atoms with E-state index in [0.717, 1.165) is 187 Å². The normalized spacial score (nSPS) is 12.0. The number of hydrogen-bond acceptors (Lipinski definition) is 19. The molecule has 0 bridgehead atoms. The second kappa shape index (κ2) is 25.6. The molecule has 17 aromatic heterocycles. The van der Waals surface area contributed by atoms with Crippen LogP contribution in [0.3, 0.4) is 0 Å². The number of benzene rings is 10. The summed E-state index contributed by atoms with van der Waals surface area (Å²) in [6.45, 7) is 0. The van der Waals surface area contributed by atoms with Crippen LogP contribution in [0.5, 0.6) is 23.4 Å². The molecule has 19 nitrogen and oxygen atoms in total. The van der Waals surface area contributed by atoms with Crippen LogP contribution in [0.2, 0.25) is 0 Å². The minimum Gasteiger partial charge on any atom is -0.449 e. The standard InChI is InChI=1S/C31H17NO4.C26H14O4.2C20H10O5/c1-3-18(19-7-9-28-24(16-19)22-11-13-33-30(22)35-28)15-20(4-1)26-5-2-6-27(32-26)21-8-10-29-25(17-21)23-12-14-34-31(23)36-29;1-2-15(17-4-6-23-21(13-17)19-8-10-27-25(19)29-23)12-16(3-1)18-5-7-24-22(14-18)20-9-11-28-26(20)30-24;1-3-7-15-11(5-1)13-9-17(24-19(13)21-15)23-18-10-14-12-6-2-4-8-16(12)22-20(14)25-18;1-3-7-13-11(5-1)17-15(9-21-19(17)24-13)23-16-10-22-20-18(16)12-6-2-4-8-14(12)25-20/h1-17H;1-14H;2*1-10H. The molecule has 0 spiro atoms. The van der Waals surface area contributed by atoms with Crippen molar-refractivity contribution >= 4 is 177 Å². The van der Waals surface area contributed by atoms with Crippen molar-refractivity contribution in [2.45, 2.75) is 0 Å². The topological polar surface area (TPSA) is 242 Å². The van der Waals surface area contributed by atoms with Gasteiger partial charge >= 0.3 is 23.1 Å². The smallest absolute Gasteiger partial charge is 0.302 e. The van der Waals surface area contributed by atoms with Gasteiger partial charge in [-0.05, 0) is 161 Å². The molecule has 0 saturated heterocycles. The van der Waals surface area contributed by atoms with E-state index in [1.807, 2.05) is 170 Å². The number of nitrogens with zero attached hydrogens (tertiary/aromatic N) is 1. The summed E-state index contributed by atoms with van der Waals surface area (Å²) in [6.07, 6.45) is 9.70. The zero-order valence-electron chi connectivity index (χ0n) is 60.2. The summed E-state index contributed by atoms with van der Waals surface area (Å²) in [4.78, 5) is 5.00. The third kappa shape index (κ3) is 10.7. The van der Waals surface area contributed by atoms with E-state index < -0.39 is 0 Å². The Kier molecular flexibility index (Phi) is 14.2. The summed E-state index contributed by atoms with van der Waals surface area (Å²) < 4.78 is 102. The highest BCUT2D eigenvalue weighted by atomic mass is 16.7. The van der Waals surface area contributed by atoms with E-state index in [1.165, 1.54) is 0 Å². The Morgan fingerprint density at radius 1 is 0.190 bits per heavy atom. The van der Waals surface area contributed by atoms with Gasteiger partial charge in [-0.25, -0.2) is 4.98 Å². The predicted octanol–water partition coefficient (Wildman–Crippen LogP) is 30.0. The molecule has 552 valence electrons. The fraction of sp³-hybridized carbons (Fsp3) is 0. The van der Waals surface area contributed by atoms with E-state index in [0.29, 0.717) is 69.6 Å². The average Bonchev–Trinajstić information content (AvgIpc) is 1.56. The van der Waals surface area contributed by atoms with Crippen molar-refractivity contribution in [3.63, 3.8) is 0 Å². The van der Waals surface area contributed by atoms with Crippen LogP contribution in [-0.2, 0) is 0 Å². The van der Waals surface area contributed by atoms with Gasteiger partial charge in [0.15, 0.2) is 11.5 Å². The lowest BCUT2D eigenvalue weighted by Crippen LogP contribution is -1.88. The van der Waals surface area contributed by atoms with Crippen LogP contribution < -0.4 is 9.47 Å². The Balaban J connectivity index is 0.0000000898. The van der Waals surface area contributed by atoms with Crippen molar-refractivity contribution in [2.75, 3.05) is 0 Å². The van der Waals surface area contributed by atoms with Gasteiger partial charge in [0.05, 0.1) is 68.8 Å². The Bertz CT molecular complexity index is 7990. The maximum Gasteiger partial charge on any atom is 0.302 e. The molecule has 0 aliphatic carbocycles. The molecular formula is C97H51NO18. The second-order valence-electron chi connectivity index (χ2n) is 28.0. The molecule has 10 aromatic carbocycles. The van der Waals surface area contributed by atoms with Gasteiger partial charge in [-0.3, -0.25) is 0 Å². The summed E-state index contributed by atoms with van der Waals surface area (Å²) in [7, 11) is 0. The zero-order chi connectivity index (χ0) is 76.1. The lowest BCUT2D eigenvalue weighted by Gasteiger charge is -2.08. The van der Waals surface area contributed by atoms with E-state index in [2.05, 4.69) is 91.0 Å². The maximum atomic E-state index is 6.11. The molecule has 0 fully saturated rings. The van der Waals surface area contributed by atoms with Gasteiger partial charge in [-0.1, -0.05) is 133 Å². The van der Waals surface area contributed by atoms with Crippen molar-refractivity contribution in [1.82, 2.24) is 4.98 Å². The second-order valence-corrected chi connectivity index (χ2v) is 28.0. The van der Waals surface area contributed by atoms with Crippen molar-refractivity contribution in [3.05, 3.63) is 311 Å². The average molecular weight is 1520 g/mol. The van der Waals surface area contributed by atoms with Crippen LogP contribution in [0.4, 0.5) is 0 Å². The lowest BCUT2D eigenvalue weighted by molar-refractivity contribution is 0.278. The van der Waals surface area contributed by atoms with Crippen LogP contribution in [0.1, 0.15) is 0 Å². The first-order valence-electron chi connectivity index (χ1n) is 37.1. The fourth-order valence-electron chi connectivity index (χ4n) is 15.7. The van der Waals surface area contributed by atoms with Gasteiger partial charge in [-0.15, -0.1) is 0 Å². The molecule has 27 rings (SSSR count). The van der Waals surface area contributed by atoms with Crippen molar-refractivity contribution in [2.24, 2.45) is 0 Å². The minimum absolute atomic E-state index is 0.306. The van der Waals surface area contributed by atoms with E-state index in [9.17, 15) is 0 Å². The first-order chi connectivity index (χ1) is 57.4. The summed E-state index contributed by atoms with van der Waals surface area (Å²) in [5, 5.41) is 15.3. The number of furan rings is 16. The minimum atomic E-state index is 0.306. The summed E-state index contributed by atoms with van der Waals surface area (Å²) in [5.74, 6) is 5.72. The highest BCUT2D eigenvalue weighted by Gasteiger charge is 2.24. The highest BCUT2D eigenvalue weighted by molar-refractivity contribution is 6.12. The SMILES string of the molecule is c1cc(-c2ccc3oc4occc4c3c2)cc(-c2ccc3oc4occc4c3c2)c1.c1cc(-c2ccc3oc4occc4c3c2)cc(-c2cccc(-c3ccc4oc5occc5c4c3)n2)c1.c1ccc2c(c1)oc1oc(Oc3cc4c(o3)oc3ccccc34)cc12.c1ccc2c(c1)oc1occ(Oc3coc4oc5ccccc5c34)c12. The number of ether oxygens (including phenoxy) is 2. The highest BCUT2D eigenvalue weighted by Crippen LogP contribution is 2.47. The first-order valence-corrected chi connectivity index (χ1v) is 37.1. The molecular weight excluding hydrogens is 1470 g/mol. The van der Waals surface area contributed by atoms with Crippen LogP contribution in [0.25, 0.3) is 233 Å². The molecule has 0 atom stereocenters. The number of fused-ring (bicyclic) bond motifs is 24. The number of hydrogen-bond donors (Lipinski definition) is 0. The Hall–Kier alpha value is -16.4. The lowest BCUT2D eigenvalue weighted by atomic mass is 9.97. The Labute approximate surface area is 648 Å². The van der Waals surface area contributed by atoms with E-state index >= 15 is 0 Å². The van der Waals surface area contributed by atoms with Crippen LogP contribution in [0.15, 0.2) is 381 Å². The van der Waals surface area contributed by atoms with Crippen LogP contribution >= 0.6 is 0 Å². The van der Waals surface area contributed by atoms with Crippen molar-refractivity contribution < 1.29 is 80.1 Å². The first kappa shape index (κ1) is 64.4. The molecule has 0 saturated carbocycles. The number of aromatic nitrogens is 1. The monoisotopic (exact) mass is 1520 g/mol. The van der Waals surface area contributed by atoms with E-state index in [1.54, 1.807) is 49.7 Å². The van der Waals surface area contributed by atoms with Crippen molar-refractivity contribution in [1.29, 1.82) is 0 Å². The van der Waals surface area contributed by atoms with Gasteiger partial charge in [0, 0.05) is 66.3 Å². The maximum absolute atomic E-state index is 6.11. The molecule has 0 amide bonds. The summed E-state index contributed by atoms with van der Waals surface area (Å²) in [5.41, 5.74) is 17.0. The van der Waals surface area contributed by atoms with Gasteiger partial charge < -0.3 is 80.1 Å². The molecule has 0 unspecified atom stereocenters. The fourth-order valence-corrected chi connectivity index (χ4v) is 15.7. The molecule has 27 aromatic rings. The molecule has 116 heavy (non-hydrogen) atoms. The van der Waals surface area contributed by atoms with Gasteiger partial charge in [0.1, 0.15) is 68.0 Å². The molecule has 19 heteroatoms. The summed E-state index contributed by atoms with van der Waals surface area (Å²) in [6, 6.07) is 90.3. The largest absolute Gasteiger partial charge is 0.449 e. The summed E-state index contributed by atoms with van der Waals surface area (Å²) >= 11 is 0. The van der Waals surface area contributed by atoms with E-state index in [-0.39, 0.29) is 0 Å². The van der Waals surface area contributed by atoms with Crippen LogP contribution in [0, 0.1) is 0 Å². The molecule has 0 aliphatic heterocycles. The third-order valence-corrected chi connectivity index (χ3v) is 21.2. The van der Waals surface area contributed by atoms with Gasteiger partial charge in [0.25, 0.3) is 35.0 Å². The molecule has 17 heterocycles. The molecule has 0 aliphatic rings. The number of para-hydroxylation sites is 4. The van der Waals surface area contributed by atoms with Gasteiger partial charge in [0.2, 0.25) is 0 Å². The molecule has 0 N–H and O–H groups in total. The number of rotatable bonds is 9. The molecule has 0 radical (unpaired) electrons. The Morgan fingerprint density at radius 3 is 0.922 bits per heavy atom.